The van der Waals surface area contributed by atoms with E-state index < -0.39 is 0 Å². The Balaban J connectivity index is 1.49. The standard InChI is InChI=1S/C22H27NO3/c1-22(2)17-4-3-11-23(20(24)13-5-6-13)19(17)16-10-9-15(12-18(16)22)26-21(25)14-7-8-14/h9-10,12-14,17,19H,3-8,11H2,1-2H3. The molecule has 1 amide bonds. The monoisotopic (exact) mass is 353 g/mol. The van der Waals surface area contributed by atoms with Gasteiger partial charge in [-0.15, -0.1) is 0 Å². The van der Waals surface area contributed by atoms with E-state index in [9.17, 15) is 9.59 Å². The molecule has 1 aromatic rings. The van der Waals surface area contributed by atoms with E-state index in [1.807, 2.05) is 6.07 Å². The molecule has 1 aliphatic heterocycles. The van der Waals surface area contributed by atoms with Crippen LogP contribution >= 0.6 is 0 Å². The van der Waals surface area contributed by atoms with Gasteiger partial charge in [-0.3, -0.25) is 9.59 Å². The highest BCUT2D eigenvalue weighted by atomic mass is 16.5. The van der Waals surface area contributed by atoms with Crippen LogP contribution < -0.4 is 4.74 Å². The van der Waals surface area contributed by atoms with Crippen LogP contribution in [0.1, 0.15) is 69.5 Å². The Kier molecular flexibility index (Phi) is 3.51. The molecule has 26 heavy (non-hydrogen) atoms. The average Bonchev–Trinajstić information content (AvgIpc) is 3.53. The number of nitrogens with zero attached hydrogens (tertiary/aromatic N) is 1. The maximum absolute atomic E-state index is 12.9. The zero-order chi connectivity index (χ0) is 18.1. The first kappa shape index (κ1) is 16.3. The van der Waals surface area contributed by atoms with Gasteiger partial charge in [-0.1, -0.05) is 19.9 Å². The van der Waals surface area contributed by atoms with Crippen molar-refractivity contribution in [1.29, 1.82) is 0 Å². The van der Waals surface area contributed by atoms with Crippen LogP contribution in [0, 0.1) is 17.8 Å². The van der Waals surface area contributed by atoms with Gasteiger partial charge in [-0.2, -0.15) is 0 Å². The second kappa shape index (κ2) is 5.58. The van der Waals surface area contributed by atoms with E-state index >= 15 is 0 Å². The Morgan fingerprint density at radius 3 is 2.50 bits per heavy atom. The highest BCUT2D eigenvalue weighted by molar-refractivity contribution is 5.82. The van der Waals surface area contributed by atoms with E-state index in [1.165, 1.54) is 11.1 Å². The van der Waals surface area contributed by atoms with Crippen molar-refractivity contribution in [2.24, 2.45) is 17.8 Å². The molecule has 4 heteroatoms. The molecule has 2 unspecified atom stereocenters. The van der Waals surface area contributed by atoms with Gasteiger partial charge in [0, 0.05) is 12.5 Å². The summed E-state index contributed by atoms with van der Waals surface area (Å²) in [4.78, 5) is 27.1. The lowest BCUT2D eigenvalue weighted by atomic mass is 9.73. The van der Waals surface area contributed by atoms with Gasteiger partial charge >= 0.3 is 5.97 Å². The zero-order valence-electron chi connectivity index (χ0n) is 15.7. The quantitative estimate of drug-likeness (QED) is 0.610. The van der Waals surface area contributed by atoms with Crippen molar-refractivity contribution in [2.45, 2.75) is 63.8 Å². The average molecular weight is 353 g/mol. The summed E-state index contributed by atoms with van der Waals surface area (Å²) in [6.07, 6.45) is 6.26. The van der Waals surface area contributed by atoms with Crippen molar-refractivity contribution >= 4 is 11.9 Å². The van der Waals surface area contributed by atoms with Gasteiger partial charge in [0.2, 0.25) is 5.91 Å². The van der Waals surface area contributed by atoms with Crippen molar-refractivity contribution < 1.29 is 14.3 Å². The number of fused-ring (bicyclic) bond motifs is 3. The van der Waals surface area contributed by atoms with Crippen molar-refractivity contribution in [3.63, 3.8) is 0 Å². The number of hydrogen-bond acceptors (Lipinski definition) is 3. The van der Waals surface area contributed by atoms with Crippen LogP contribution in [0.3, 0.4) is 0 Å². The number of likely N-dealkylation sites (tertiary alicyclic amines) is 1. The van der Waals surface area contributed by atoms with Crippen LogP contribution in [0.25, 0.3) is 0 Å². The SMILES string of the molecule is CC1(C)c2cc(OC(=O)C3CC3)ccc2C2C1CCCN2C(=O)C1CC1. The molecule has 3 aliphatic carbocycles. The van der Waals surface area contributed by atoms with Crippen molar-refractivity contribution in [3.8, 4) is 5.75 Å². The molecule has 5 rings (SSSR count). The summed E-state index contributed by atoms with van der Waals surface area (Å²) in [6, 6.07) is 6.28. The third-order valence-corrected chi connectivity index (χ3v) is 6.93. The lowest BCUT2D eigenvalue weighted by molar-refractivity contribution is -0.138. The lowest BCUT2D eigenvalue weighted by Gasteiger charge is -2.42. The maximum Gasteiger partial charge on any atom is 0.314 e. The van der Waals surface area contributed by atoms with E-state index in [2.05, 4.69) is 30.9 Å². The fourth-order valence-corrected chi connectivity index (χ4v) is 5.08. The van der Waals surface area contributed by atoms with E-state index in [0.717, 1.165) is 45.1 Å². The van der Waals surface area contributed by atoms with Crippen molar-refractivity contribution in [2.75, 3.05) is 6.54 Å². The highest BCUT2D eigenvalue weighted by Gasteiger charge is 2.52. The van der Waals surface area contributed by atoms with Gasteiger partial charge in [0.1, 0.15) is 5.75 Å². The maximum atomic E-state index is 12.9. The molecule has 2 atom stereocenters. The Morgan fingerprint density at radius 2 is 1.81 bits per heavy atom. The molecule has 138 valence electrons. The smallest absolute Gasteiger partial charge is 0.314 e. The molecule has 0 radical (unpaired) electrons. The molecule has 4 aliphatic rings. The molecule has 1 saturated heterocycles. The summed E-state index contributed by atoms with van der Waals surface area (Å²) in [5, 5.41) is 0. The molecular weight excluding hydrogens is 326 g/mol. The molecule has 4 nitrogen and oxygen atoms in total. The Morgan fingerprint density at radius 1 is 1.08 bits per heavy atom. The Labute approximate surface area is 154 Å². The van der Waals surface area contributed by atoms with E-state index in [4.69, 9.17) is 4.74 Å². The van der Waals surface area contributed by atoms with Crippen LogP contribution in [0.15, 0.2) is 18.2 Å². The summed E-state index contributed by atoms with van der Waals surface area (Å²) in [6.45, 7) is 5.45. The van der Waals surface area contributed by atoms with Gasteiger partial charge in [0.05, 0.1) is 12.0 Å². The first-order valence-electron chi connectivity index (χ1n) is 10.1. The zero-order valence-corrected chi connectivity index (χ0v) is 15.7. The summed E-state index contributed by atoms with van der Waals surface area (Å²) in [5.74, 6) is 1.73. The Hall–Kier alpha value is -1.84. The number of rotatable bonds is 3. The second-order valence-electron chi connectivity index (χ2n) is 9.17. The molecule has 1 heterocycles. The topological polar surface area (TPSA) is 46.6 Å². The largest absolute Gasteiger partial charge is 0.426 e. The predicted octanol–water partition coefficient (Wildman–Crippen LogP) is 3.98. The fraction of sp³-hybridized carbons (Fsp3) is 0.636. The molecule has 1 aromatic carbocycles. The summed E-state index contributed by atoms with van der Waals surface area (Å²) in [5.41, 5.74) is 2.51. The number of piperidine rings is 1. The fourth-order valence-electron chi connectivity index (χ4n) is 5.08. The first-order chi connectivity index (χ1) is 12.5. The normalized spacial score (nSPS) is 29.1. The third-order valence-electron chi connectivity index (χ3n) is 6.93. The molecule has 0 spiro atoms. The molecule has 0 N–H and O–H groups in total. The summed E-state index contributed by atoms with van der Waals surface area (Å²) in [7, 11) is 0. The lowest BCUT2D eigenvalue weighted by Crippen LogP contribution is -2.44. The van der Waals surface area contributed by atoms with Gasteiger partial charge < -0.3 is 9.64 Å². The van der Waals surface area contributed by atoms with Crippen LogP contribution in [0.2, 0.25) is 0 Å². The predicted molar refractivity (Wildman–Crippen MR) is 97.7 cm³/mol. The molecule has 0 bridgehead atoms. The number of amides is 1. The molecular formula is C22H27NO3. The molecule has 3 fully saturated rings. The number of ether oxygens (including phenoxy) is 1. The number of benzene rings is 1. The summed E-state index contributed by atoms with van der Waals surface area (Å²) >= 11 is 0. The van der Waals surface area contributed by atoms with Crippen LogP contribution in [0.5, 0.6) is 5.75 Å². The molecule has 0 aromatic heterocycles. The Bertz CT molecular complexity index is 776. The van der Waals surface area contributed by atoms with E-state index in [1.54, 1.807) is 0 Å². The minimum absolute atomic E-state index is 0.00943. The van der Waals surface area contributed by atoms with Crippen molar-refractivity contribution in [1.82, 2.24) is 4.90 Å². The van der Waals surface area contributed by atoms with Crippen LogP contribution in [-0.4, -0.2) is 23.3 Å². The third kappa shape index (κ3) is 2.49. The van der Waals surface area contributed by atoms with E-state index in [0.29, 0.717) is 17.6 Å². The van der Waals surface area contributed by atoms with Gasteiger partial charge in [0.15, 0.2) is 0 Å². The minimum atomic E-state index is -0.0938. The first-order valence-corrected chi connectivity index (χ1v) is 10.1. The van der Waals surface area contributed by atoms with Gasteiger partial charge in [-0.05, 0) is 73.1 Å². The summed E-state index contributed by atoms with van der Waals surface area (Å²) < 4.78 is 5.61. The number of carbonyl (C=O) groups is 2. The minimum Gasteiger partial charge on any atom is -0.426 e. The molecule has 2 saturated carbocycles. The van der Waals surface area contributed by atoms with E-state index in [-0.39, 0.29) is 29.3 Å². The number of esters is 1. The second-order valence-corrected chi connectivity index (χ2v) is 9.17. The highest BCUT2D eigenvalue weighted by Crippen LogP contribution is 2.56. The number of carbonyl (C=O) groups excluding carboxylic acids is 2. The van der Waals surface area contributed by atoms with Gasteiger partial charge in [-0.25, -0.2) is 0 Å². The van der Waals surface area contributed by atoms with Crippen molar-refractivity contribution in [3.05, 3.63) is 29.3 Å². The number of hydrogen-bond donors (Lipinski definition) is 0. The van der Waals surface area contributed by atoms with Gasteiger partial charge in [0.25, 0.3) is 0 Å². The van der Waals surface area contributed by atoms with Crippen LogP contribution in [0.4, 0.5) is 0 Å². The van der Waals surface area contributed by atoms with Crippen LogP contribution in [-0.2, 0) is 15.0 Å².